The molecule has 7 saturated heterocycles. The third-order valence-corrected chi connectivity index (χ3v) is 26.7. The van der Waals surface area contributed by atoms with Crippen LogP contribution in [0.15, 0.2) is 72.8 Å². The van der Waals surface area contributed by atoms with E-state index >= 15 is 0 Å². The monoisotopic (exact) mass is 1760 g/mol. The number of hydrogen-bond acceptors (Lipinski definition) is 32. The molecule has 0 bridgehead atoms. The number of benzene rings is 5. The molecule has 0 N–H and O–H groups in total. The van der Waals surface area contributed by atoms with Gasteiger partial charge in [0.25, 0.3) is 0 Å². The predicted molar refractivity (Wildman–Crippen MR) is 518 cm³/mol. The Morgan fingerprint density at radius 2 is 0.547 bits per heavy atom. The Morgan fingerprint density at radius 3 is 0.836 bits per heavy atom. The average Bonchev–Trinajstić information content (AvgIpc) is 1.07. The fourth-order valence-corrected chi connectivity index (χ4v) is 18.9. The SMILES string of the molecule is COc1cc2c(N3CCN(C)CC3)nc(N(C)C)nc2cc1OC1CCN(C)C1.COc1cc2c(N3CCN(C)CC3)nc(N(C)C)nc2cc1Oc1ccc(N(C)C)cc1.COc1cc2c(N3CCN(C4CCCC4)CC3)nc(N(C)C)nc2cc1OC1CCN(C)C1.COc1cc2c(N3CCN(C4CCCC4)CC3)nc(N(C)C)nc2cc1OC1CCN(C)CC1. The number of anilines is 9. The van der Waals surface area contributed by atoms with Crippen LogP contribution in [-0.4, -0.2) is 383 Å². The number of likely N-dealkylation sites (tertiary alicyclic amines) is 3. The van der Waals surface area contributed by atoms with E-state index in [-0.39, 0.29) is 18.3 Å². The van der Waals surface area contributed by atoms with Crippen molar-refractivity contribution in [1.82, 2.24) is 74.2 Å². The summed E-state index contributed by atoms with van der Waals surface area (Å²) in [7, 11) is 37.4. The molecule has 11 heterocycles. The highest BCUT2D eigenvalue weighted by molar-refractivity contribution is 5.96. The van der Waals surface area contributed by atoms with Gasteiger partial charge >= 0.3 is 0 Å². The maximum atomic E-state index is 6.44. The number of piperazine rings is 4. The molecule has 9 fully saturated rings. The van der Waals surface area contributed by atoms with Gasteiger partial charge in [0.2, 0.25) is 23.8 Å². The standard InChI is InChI=1S/C26H40N6O2.C25H38N6O2.C24H32N6O2.C21H32N6O2/c1-29(2)26-27-22-18-24(34-20-9-11-30(3)12-10-20)23(33-4)17-21(22)25(28-26)32-15-13-31(14-16-32)19-7-5-6-8-19;1-28(2)25-26-21-16-23(33-19-9-10-29(3)17-19)22(32-4)15-20(21)24(27-25)31-13-11-30(12-14-31)18-7-5-6-8-18;1-27(2)17-7-9-18(10-8-17)32-22-16-20-19(15-21(22)31-6)23(26-24(25-20)28(3)4)30-13-11-29(5)12-14-30;1-24(2)21-22-17-13-19(29-15-6-7-26(4)14-15)18(28-5)12-16(17)20(23-21)27-10-8-25(3)9-11-27/h17-20H,5-16H2,1-4H3;15-16,18-19H,5-14,17H2,1-4H3;7-10,15-16H,11-14H2,1-6H3;12-13,15H,6-11,14H2,1-5H3. The highest BCUT2D eigenvalue weighted by atomic mass is 16.5. The van der Waals surface area contributed by atoms with Gasteiger partial charge in [-0.15, -0.1) is 0 Å². The van der Waals surface area contributed by atoms with Gasteiger partial charge in [-0.3, -0.25) is 9.80 Å². The Balaban J connectivity index is 0.000000131. The van der Waals surface area contributed by atoms with E-state index in [1.54, 1.807) is 28.4 Å². The quantitative estimate of drug-likeness (QED) is 0.0579. The summed E-state index contributed by atoms with van der Waals surface area (Å²) >= 11 is 0. The average molecular weight is 1760 g/mol. The molecular weight excluding hydrogens is 1620 g/mol. The minimum atomic E-state index is 0.179. The van der Waals surface area contributed by atoms with Crippen LogP contribution in [0.25, 0.3) is 43.6 Å². The van der Waals surface area contributed by atoms with Gasteiger partial charge in [0, 0.05) is 278 Å². The summed E-state index contributed by atoms with van der Waals surface area (Å²) in [4.78, 5) is 75.5. The van der Waals surface area contributed by atoms with Gasteiger partial charge in [-0.1, -0.05) is 25.7 Å². The summed E-state index contributed by atoms with van der Waals surface area (Å²) < 4.78 is 48.3. The third kappa shape index (κ3) is 22.3. The highest BCUT2D eigenvalue weighted by Crippen LogP contribution is 2.44. The summed E-state index contributed by atoms with van der Waals surface area (Å²) in [5.74, 6) is 13.4. The smallest absolute Gasteiger partial charge is 0.227 e. The Morgan fingerprint density at radius 1 is 0.273 bits per heavy atom. The first kappa shape index (κ1) is 92.5. The normalized spacial score (nSPS) is 20.0. The van der Waals surface area contributed by atoms with Crippen LogP contribution in [0.1, 0.15) is 77.0 Å². The predicted octanol–water partition coefficient (Wildman–Crippen LogP) is 10.9. The largest absolute Gasteiger partial charge is 0.493 e. The second-order valence-electron chi connectivity index (χ2n) is 37.2. The van der Waals surface area contributed by atoms with Crippen molar-refractivity contribution in [2.24, 2.45) is 0 Å². The molecule has 2 saturated carbocycles. The van der Waals surface area contributed by atoms with Crippen molar-refractivity contribution in [2.75, 3.05) is 322 Å². The highest BCUT2D eigenvalue weighted by Gasteiger charge is 2.34. The zero-order valence-corrected chi connectivity index (χ0v) is 79.9. The van der Waals surface area contributed by atoms with Gasteiger partial charge < -0.3 is 106 Å². The van der Waals surface area contributed by atoms with Crippen molar-refractivity contribution in [2.45, 2.75) is 107 Å². The molecule has 2 aliphatic carbocycles. The number of methoxy groups -OCH3 is 4. The van der Waals surface area contributed by atoms with E-state index in [4.69, 9.17) is 77.8 Å². The number of hydrogen-bond donors (Lipinski definition) is 0. The molecule has 9 aliphatic rings. The lowest BCUT2D eigenvalue weighted by molar-refractivity contribution is 0.111. The van der Waals surface area contributed by atoms with E-state index in [1.807, 2.05) is 145 Å². The molecule has 0 radical (unpaired) electrons. The molecule has 18 rings (SSSR count). The molecule has 4 aromatic heterocycles. The second-order valence-corrected chi connectivity index (χ2v) is 37.2. The second kappa shape index (κ2) is 42.1. The minimum absolute atomic E-state index is 0.179. The van der Waals surface area contributed by atoms with Crippen LogP contribution < -0.4 is 82.0 Å². The van der Waals surface area contributed by atoms with Gasteiger partial charge in [-0.25, -0.2) is 19.9 Å². The molecule has 2 atom stereocenters. The van der Waals surface area contributed by atoms with Gasteiger partial charge in [0.05, 0.1) is 50.5 Å². The summed E-state index contributed by atoms with van der Waals surface area (Å²) in [6.07, 6.45) is 15.7. The summed E-state index contributed by atoms with van der Waals surface area (Å²) in [5.41, 5.74) is 4.65. The van der Waals surface area contributed by atoms with Crippen molar-refractivity contribution in [3.63, 3.8) is 0 Å². The number of fused-ring (bicyclic) bond motifs is 4. The fraction of sp³-hybridized carbons (Fsp3) is 0.604. The Labute approximate surface area is 758 Å². The van der Waals surface area contributed by atoms with Crippen molar-refractivity contribution in [3.8, 4) is 51.7 Å². The number of likely N-dealkylation sites (N-methyl/N-ethyl adjacent to an activating group) is 4. The molecule has 128 heavy (non-hydrogen) atoms. The molecule has 32 heteroatoms. The lowest BCUT2D eigenvalue weighted by Crippen LogP contribution is -2.50. The summed E-state index contributed by atoms with van der Waals surface area (Å²) in [6, 6.07) is 25.8. The maximum Gasteiger partial charge on any atom is 0.227 e. The van der Waals surface area contributed by atoms with Crippen LogP contribution in [0.4, 0.5) is 52.8 Å². The van der Waals surface area contributed by atoms with Crippen LogP contribution in [0, 0.1) is 0 Å². The lowest BCUT2D eigenvalue weighted by atomic mass is 10.1. The van der Waals surface area contributed by atoms with E-state index in [0.717, 1.165) is 306 Å². The van der Waals surface area contributed by atoms with Gasteiger partial charge in [-0.05, 0) is 135 Å². The van der Waals surface area contributed by atoms with E-state index < -0.39 is 0 Å². The number of ether oxygens (including phenoxy) is 8. The molecule has 5 aromatic carbocycles. The van der Waals surface area contributed by atoms with Crippen molar-refractivity contribution in [3.05, 3.63) is 72.8 Å². The van der Waals surface area contributed by atoms with Crippen LogP contribution in [0.3, 0.4) is 0 Å². The van der Waals surface area contributed by atoms with Gasteiger partial charge in [-0.2, -0.15) is 19.9 Å². The topological polar surface area (TPSA) is 229 Å². The van der Waals surface area contributed by atoms with Crippen LogP contribution in [0.2, 0.25) is 0 Å². The van der Waals surface area contributed by atoms with Gasteiger partial charge in [0.15, 0.2) is 46.0 Å². The van der Waals surface area contributed by atoms with E-state index in [2.05, 4.69) is 112 Å². The number of piperidine rings is 1. The first-order valence-electron chi connectivity index (χ1n) is 46.5. The van der Waals surface area contributed by atoms with E-state index in [0.29, 0.717) is 23.4 Å². The Kier molecular flexibility index (Phi) is 30.4. The number of nitrogens with zero attached hydrogens (tertiary/aromatic N) is 24. The number of aromatic nitrogens is 8. The molecule has 0 amide bonds. The summed E-state index contributed by atoms with van der Waals surface area (Å²) in [5, 5.41) is 4.04. The van der Waals surface area contributed by atoms with E-state index in [1.165, 1.54) is 51.4 Å². The molecule has 2 unspecified atom stereocenters. The molecule has 32 nitrogen and oxygen atoms in total. The molecule has 0 spiro atoms. The maximum absolute atomic E-state index is 6.44. The Hall–Kier alpha value is -10.2. The lowest BCUT2D eigenvalue weighted by Gasteiger charge is -2.39. The zero-order chi connectivity index (χ0) is 90.0. The third-order valence-electron chi connectivity index (χ3n) is 26.7. The van der Waals surface area contributed by atoms with Crippen LogP contribution >= 0.6 is 0 Å². The van der Waals surface area contributed by atoms with E-state index in [9.17, 15) is 0 Å². The van der Waals surface area contributed by atoms with Crippen molar-refractivity contribution >= 4 is 96.4 Å². The first-order valence-corrected chi connectivity index (χ1v) is 46.5. The van der Waals surface area contributed by atoms with Crippen molar-refractivity contribution < 1.29 is 37.9 Å². The fourth-order valence-electron chi connectivity index (χ4n) is 18.9. The Bertz CT molecular complexity index is 5150. The molecule has 694 valence electrons. The van der Waals surface area contributed by atoms with Crippen LogP contribution in [-0.2, 0) is 0 Å². The molecule has 9 aromatic rings. The first-order chi connectivity index (χ1) is 61.8. The van der Waals surface area contributed by atoms with Crippen molar-refractivity contribution in [1.29, 1.82) is 0 Å². The van der Waals surface area contributed by atoms with Gasteiger partial charge in [0.1, 0.15) is 47.3 Å². The number of rotatable bonds is 23. The van der Waals surface area contributed by atoms with Crippen LogP contribution in [0.5, 0.6) is 51.7 Å². The zero-order valence-electron chi connectivity index (χ0n) is 79.9. The minimum Gasteiger partial charge on any atom is -0.493 e. The molecular formula is C96H142N24O8. The molecule has 7 aliphatic heterocycles. The summed E-state index contributed by atoms with van der Waals surface area (Å²) in [6.45, 7) is 22.3.